The third-order valence-electron chi connectivity index (χ3n) is 4.44. The van der Waals surface area contributed by atoms with E-state index in [1.54, 1.807) is 36.4 Å². The molecule has 1 aromatic heterocycles. The molecule has 1 saturated heterocycles. The van der Waals surface area contributed by atoms with Crippen LogP contribution in [0.15, 0.2) is 59.4 Å². The molecule has 7 nitrogen and oxygen atoms in total. The first kappa shape index (κ1) is 17.4. The van der Waals surface area contributed by atoms with Crippen molar-refractivity contribution in [2.45, 2.75) is 25.6 Å². The van der Waals surface area contributed by atoms with E-state index < -0.39 is 12.2 Å². The Bertz CT molecular complexity index is 1010. The van der Waals surface area contributed by atoms with E-state index in [4.69, 9.17) is 9.57 Å². The van der Waals surface area contributed by atoms with Crippen molar-refractivity contribution in [3.63, 3.8) is 0 Å². The van der Waals surface area contributed by atoms with Gasteiger partial charge in [0.25, 0.3) is 11.5 Å². The van der Waals surface area contributed by atoms with Gasteiger partial charge in [-0.1, -0.05) is 36.4 Å². The zero-order valence-electron chi connectivity index (χ0n) is 14.6. The van der Waals surface area contributed by atoms with E-state index in [0.717, 1.165) is 19.3 Å². The summed E-state index contributed by atoms with van der Waals surface area (Å²) in [7, 11) is 0. The monoisotopic (exact) mass is 365 g/mol. The molecule has 0 radical (unpaired) electrons. The van der Waals surface area contributed by atoms with Crippen molar-refractivity contribution in [1.82, 2.24) is 15.3 Å². The Morgan fingerprint density at radius 3 is 2.56 bits per heavy atom. The molecule has 2 aromatic carbocycles. The molecule has 1 fully saturated rings. The maximum absolute atomic E-state index is 12.8. The Labute approximate surface area is 155 Å². The fourth-order valence-electron chi connectivity index (χ4n) is 3.07. The number of carbonyl (C=O) groups is 1. The molecule has 0 saturated carbocycles. The molecule has 0 aliphatic carbocycles. The third kappa shape index (κ3) is 3.60. The number of ether oxygens (including phenoxy) is 1. The maximum Gasteiger partial charge on any atom is 0.296 e. The second kappa shape index (κ2) is 7.69. The lowest BCUT2D eigenvalue weighted by atomic mass is 10.1. The number of hydrogen-bond donors (Lipinski definition) is 1. The van der Waals surface area contributed by atoms with Gasteiger partial charge in [-0.05, 0) is 31.0 Å². The van der Waals surface area contributed by atoms with Crippen LogP contribution in [0.2, 0.25) is 0 Å². The van der Waals surface area contributed by atoms with Gasteiger partial charge in [0, 0.05) is 18.4 Å². The fraction of sp³-hybridized carbons (Fsp3) is 0.250. The number of benzene rings is 2. The molecule has 0 bridgehead atoms. The van der Waals surface area contributed by atoms with Crippen LogP contribution in [0.1, 0.15) is 29.8 Å². The standard InChI is InChI=1S/C20H19N3O4/c24-19(22-27-17-12-6-7-13-26-17)18-15-10-4-5-11-16(15)20(25)23(21-18)14-8-2-1-3-9-14/h1-5,8-11,17H,6-7,12-13H2,(H,22,24)/t17-/m1/s1. The van der Waals surface area contributed by atoms with Gasteiger partial charge in [0.05, 0.1) is 11.1 Å². The highest BCUT2D eigenvalue weighted by Crippen LogP contribution is 2.16. The van der Waals surface area contributed by atoms with Gasteiger partial charge < -0.3 is 4.74 Å². The summed E-state index contributed by atoms with van der Waals surface area (Å²) >= 11 is 0. The summed E-state index contributed by atoms with van der Waals surface area (Å²) in [5, 5.41) is 5.19. The second-order valence-electron chi connectivity index (χ2n) is 6.29. The van der Waals surface area contributed by atoms with E-state index in [9.17, 15) is 9.59 Å². The number of hydrogen-bond acceptors (Lipinski definition) is 5. The first-order chi connectivity index (χ1) is 13.2. The quantitative estimate of drug-likeness (QED) is 0.719. The first-order valence-corrected chi connectivity index (χ1v) is 8.89. The van der Waals surface area contributed by atoms with Crippen molar-refractivity contribution in [3.05, 3.63) is 70.6 Å². The number of fused-ring (bicyclic) bond motifs is 1. The summed E-state index contributed by atoms with van der Waals surface area (Å²) in [6.45, 7) is 0.612. The summed E-state index contributed by atoms with van der Waals surface area (Å²) in [6, 6.07) is 15.9. The highest BCUT2D eigenvalue weighted by atomic mass is 16.8. The molecule has 2 heterocycles. The second-order valence-corrected chi connectivity index (χ2v) is 6.29. The zero-order chi connectivity index (χ0) is 18.6. The van der Waals surface area contributed by atoms with E-state index in [1.807, 2.05) is 18.2 Å². The molecule has 4 rings (SSSR count). The highest BCUT2D eigenvalue weighted by molar-refractivity contribution is 6.04. The Morgan fingerprint density at radius 2 is 1.81 bits per heavy atom. The lowest BCUT2D eigenvalue weighted by Crippen LogP contribution is -2.35. The Hall–Kier alpha value is -3.03. The van der Waals surface area contributed by atoms with Crippen LogP contribution in [0.3, 0.4) is 0 Å². The molecule has 7 heteroatoms. The number of hydroxylamine groups is 1. The topological polar surface area (TPSA) is 82.4 Å². The van der Waals surface area contributed by atoms with Crippen molar-refractivity contribution >= 4 is 16.7 Å². The predicted molar refractivity (Wildman–Crippen MR) is 99.5 cm³/mol. The third-order valence-corrected chi connectivity index (χ3v) is 4.44. The number of nitrogens with one attached hydrogen (secondary N) is 1. The molecule has 1 atom stereocenters. The van der Waals surface area contributed by atoms with Gasteiger partial charge in [-0.3, -0.25) is 9.59 Å². The van der Waals surface area contributed by atoms with Crippen LogP contribution in [-0.2, 0) is 9.57 Å². The summed E-state index contributed by atoms with van der Waals surface area (Å²) < 4.78 is 6.68. The number of carbonyl (C=O) groups excluding carboxylic acids is 1. The van der Waals surface area contributed by atoms with Gasteiger partial charge >= 0.3 is 0 Å². The van der Waals surface area contributed by atoms with Gasteiger partial charge in [-0.2, -0.15) is 9.78 Å². The Morgan fingerprint density at radius 1 is 1.07 bits per heavy atom. The highest BCUT2D eigenvalue weighted by Gasteiger charge is 2.20. The van der Waals surface area contributed by atoms with Gasteiger partial charge in [0.15, 0.2) is 12.0 Å². The van der Waals surface area contributed by atoms with E-state index in [2.05, 4.69) is 10.6 Å². The van der Waals surface area contributed by atoms with Crippen LogP contribution in [0.4, 0.5) is 0 Å². The summed E-state index contributed by atoms with van der Waals surface area (Å²) in [5.41, 5.74) is 2.83. The van der Waals surface area contributed by atoms with E-state index in [1.165, 1.54) is 4.68 Å². The number of para-hydroxylation sites is 1. The van der Waals surface area contributed by atoms with Crippen LogP contribution < -0.4 is 11.0 Å². The molecule has 1 aliphatic heterocycles. The predicted octanol–water partition coefficient (Wildman–Crippen LogP) is 2.57. The number of rotatable bonds is 4. The van der Waals surface area contributed by atoms with Crippen molar-refractivity contribution < 1.29 is 14.4 Å². The molecule has 0 unspecified atom stereocenters. The molecule has 1 N–H and O–H groups in total. The molecule has 138 valence electrons. The molecule has 3 aromatic rings. The molecular weight excluding hydrogens is 346 g/mol. The van der Waals surface area contributed by atoms with Gasteiger partial charge in [0.2, 0.25) is 0 Å². The van der Waals surface area contributed by atoms with Gasteiger partial charge in [0.1, 0.15) is 0 Å². The van der Waals surface area contributed by atoms with Crippen LogP contribution in [-0.4, -0.2) is 28.6 Å². The van der Waals surface area contributed by atoms with Crippen LogP contribution in [0, 0.1) is 0 Å². The number of aromatic nitrogens is 2. The van der Waals surface area contributed by atoms with E-state index in [0.29, 0.717) is 23.1 Å². The largest absolute Gasteiger partial charge is 0.350 e. The zero-order valence-corrected chi connectivity index (χ0v) is 14.6. The number of nitrogens with zero attached hydrogens (tertiary/aromatic N) is 2. The van der Waals surface area contributed by atoms with Crippen molar-refractivity contribution in [2.24, 2.45) is 0 Å². The smallest absolute Gasteiger partial charge is 0.296 e. The van der Waals surface area contributed by atoms with Crippen molar-refractivity contribution in [1.29, 1.82) is 0 Å². The molecule has 1 amide bonds. The minimum Gasteiger partial charge on any atom is -0.350 e. The molecule has 1 aliphatic rings. The fourth-order valence-corrected chi connectivity index (χ4v) is 3.07. The Kier molecular flexibility index (Phi) is 4.95. The van der Waals surface area contributed by atoms with Crippen LogP contribution >= 0.6 is 0 Å². The summed E-state index contributed by atoms with van der Waals surface area (Å²) in [5.74, 6) is -0.523. The van der Waals surface area contributed by atoms with E-state index in [-0.39, 0.29) is 11.3 Å². The number of amides is 1. The first-order valence-electron chi connectivity index (χ1n) is 8.89. The average molecular weight is 365 g/mol. The summed E-state index contributed by atoms with van der Waals surface area (Å²) in [6.07, 6.45) is 2.23. The lowest BCUT2D eigenvalue weighted by Gasteiger charge is -2.22. The van der Waals surface area contributed by atoms with Gasteiger partial charge in [-0.25, -0.2) is 10.3 Å². The minimum absolute atomic E-state index is 0.116. The van der Waals surface area contributed by atoms with Gasteiger partial charge in [-0.15, -0.1) is 0 Å². The average Bonchev–Trinajstić information content (AvgIpc) is 2.74. The molecule has 0 spiro atoms. The molecule has 27 heavy (non-hydrogen) atoms. The van der Waals surface area contributed by atoms with Crippen LogP contribution in [0.25, 0.3) is 16.5 Å². The van der Waals surface area contributed by atoms with Crippen molar-refractivity contribution in [2.75, 3.05) is 6.61 Å². The van der Waals surface area contributed by atoms with Crippen molar-refractivity contribution in [3.8, 4) is 5.69 Å². The SMILES string of the molecule is O=C(NO[C@@H]1CCCCO1)c1nn(-c2ccccc2)c(=O)c2ccccc12. The molecular formula is C20H19N3O4. The van der Waals surface area contributed by atoms with Crippen LogP contribution in [0.5, 0.6) is 0 Å². The Balaban J connectivity index is 1.71. The minimum atomic E-state index is -0.523. The normalized spacial score (nSPS) is 17.0. The summed E-state index contributed by atoms with van der Waals surface area (Å²) in [4.78, 5) is 30.9. The van der Waals surface area contributed by atoms with E-state index >= 15 is 0 Å². The maximum atomic E-state index is 12.8. The lowest BCUT2D eigenvalue weighted by molar-refractivity contribution is -0.186.